The molecule has 1 amide bonds. The monoisotopic (exact) mass is 369 g/mol. The minimum Gasteiger partial charge on any atom is -0.491 e. The molecule has 0 aliphatic heterocycles. The zero-order chi connectivity index (χ0) is 17.5. The van der Waals surface area contributed by atoms with Crippen LogP contribution in [0.4, 0.5) is 10.1 Å². The zero-order valence-electron chi connectivity index (χ0n) is 13.0. The van der Waals surface area contributed by atoms with Crippen molar-refractivity contribution in [1.29, 1.82) is 0 Å². The van der Waals surface area contributed by atoms with E-state index in [9.17, 15) is 13.4 Å². The van der Waals surface area contributed by atoms with Crippen molar-refractivity contribution in [3.05, 3.63) is 59.4 Å². The summed E-state index contributed by atoms with van der Waals surface area (Å²) in [4.78, 5) is 12.1. The predicted molar refractivity (Wildman–Crippen MR) is 94.4 cm³/mol. The predicted octanol–water partition coefficient (Wildman–Crippen LogP) is 3.63. The van der Waals surface area contributed by atoms with Crippen molar-refractivity contribution in [2.24, 2.45) is 0 Å². The topological polar surface area (TPSA) is 55.4 Å². The molecule has 0 unspecified atom stereocenters. The molecule has 2 aromatic carbocycles. The van der Waals surface area contributed by atoms with Crippen LogP contribution < -0.4 is 10.1 Å². The SMILES string of the molecule is C[C@@H](C(=O)Nc1ccccc1F)[S@](=O)CCOc1ccccc1Cl. The van der Waals surface area contributed by atoms with E-state index >= 15 is 0 Å². The highest BCUT2D eigenvalue weighted by molar-refractivity contribution is 7.86. The molecule has 2 aromatic rings. The smallest absolute Gasteiger partial charge is 0.239 e. The van der Waals surface area contributed by atoms with Crippen LogP contribution in [0.25, 0.3) is 0 Å². The normalized spacial score (nSPS) is 13.1. The lowest BCUT2D eigenvalue weighted by molar-refractivity contribution is -0.115. The van der Waals surface area contributed by atoms with Crippen molar-refractivity contribution in [2.75, 3.05) is 17.7 Å². The van der Waals surface area contributed by atoms with Gasteiger partial charge in [-0.2, -0.15) is 0 Å². The number of carbonyl (C=O) groups excluding carboxylic acids is 1. The Morgan fingerprint density at radius 2 is 1.92 bits per heavy atom. The fourth-order valence-corrected chi connectivity index (χ4v) is 2.98. The first-order chi connectivity index (χ1) is 11.5. The molecule has 0 fully saturated rings. The van der Waals surface area contributed by atoms with Gasteiger partial charge in [-0.3, -0.25) is 9.00 Å². The lowest BCUT2D eigenvalue weighted by Crippen LogP contribution is -2.31. The van der Waals surface area contributed by atoms with E-state index in [1.807, 2.05) is 0 Å². The molecule has 0 saturated carbocycles. The molecule has 2 rings (SSSR count). The molecule has 0 radical (unpaired) electrons. The fourth-order valence-electron chi connectivity index (χ4n) is 1.89. The van der Waals surface area contributed by atoms with E-state index in [1.54, 1.807) is 30.3 Å². The number of ether oxygens (including phenoxy) is 1. The van der Waals surface area contributed by atoms with Gasteiger partial charge in [0.05, 0.1) is 23.1 Å². The summed E-state index contributed by atoms with van der Waals surface area (Å²) in [5, 5.41) is 2.11. The summed E-state index contributed by atoms with van der Waals surface area (Å²) in [7, 11) is -1.46. The lowest BCUT2D eigenvalue weighted by Gasteiger charge is -2.13. The van der Waals surface area contributed by atoms with Crippen LogP contribution in [0.2, 0.25) is 5.02 Å². The van der Waals surface area contributed by atoms with Gasteiger partial charge in [0.25, 0.3) is 0 Å². The van der Waals surface area contributed by atoms with Crippen LogP contribution in [0, 0.1) is 5.82 Å². The van der Waals surface area contributed by atoms with Crippen molar-refractivity contribution < 1.29 is 18.1 Å². The second-order valence-electron chi connectivity index (χ2n) is 4.98. The molecular weight excluding hydrogens is 353 g/mol. The average Bonchev–Trinajstić information content (AvgIpc) is 2.57. The van der Waals surface area contributed by atoms with Crippen LogP contribution in [0.3, 0.4) is 0 Å². The van der Waals surface area contributed by atoms with E-state index in [2.05, 4.69) is 5.32 Å². The Morgan fingerprint density at radius 1 is 1.25 bits per heavy atom. The van der Waals surface area contributed by atoms with Crippen LogP contribution in [0.5, 0.6) is 5.75 Å². The maximum Gasteiger partial charge on any atom is 0.239 e. The van der Waals surface area contributed by atoms with Crippen LogP contribution in [-0.2, 0) is 15.6 Å². The van der Waals surface area contributed by atoms with Crippen molar-refractivity contribution in [1.82, 2.24) is 0 Å². The second-order valence-corrected chi connectivity index (χ2v) is 7.26. The molecule has 24 heavy (non-hydrogen) atoms. The van der Waals surface area contributed by atoms with E-state index in [-0.39, 0.29) is 18.0 Å². The van der Waals surface area contributed by atoms with Gasteiger partial charge >= 0.3 is 0 Å². The number of para-hydroxylation sites is 2. The molecule has 0 saturated heterocycles. The van der Waals surface area contributed by atoms with Crippen LogP contribution in [-0.4, -0.2) is 27.7 Å². The van der Waals surface area contributed by atoms with Gasteiger partial charge in [-0.15, -0.1) is 0 Å². The first-order valence-electron chi connectivity index (χ1n) is 7.29. The number of hydrogen-bond donors (Lipinski definition) is 1. The molecule has 1 N–H and O–H groups in total. The first-order valence-corrected chi connectivity index (χ1v) is 9.05. The van der Waals surface area contributed by atoms with E-state index in [0.29, 0.717) is 10.8 Å². The standard InChI is InChI=1S/C17H17ClFNO3S/c1-12(17(21)20-15-8-4-3-7-14(15)19)24(22)11-10-23-16-9-5-2-6-13(16)18/h2-9,12H,10-11H2,1H3,(H,20,21)/t12-,24+/m0/s1. The Hall–Kier alpha value is -1.92. The quantitative estimate of drug-likeness (QED) is 0.810. The summed E-state index contributed by atoms with van der Waals surface area (Å²) in [5.41, 5.74) is 0.0682. The summed E-state index contributed by atoms with van der Waals surface area (Å²) in [5.74, 6) is -0.376. The van der Waals surface area contributed by atoms with Crippen molar-refractivity contribution >= 4 is 34.0 Å². The van der Waals surface area contributed by atoms with Gasteiger partial charge in [0, 0.05) is 10.8 Å². The zero-order valence-corrected chi connectivity index (χ0v) is 14.6. The van der Waals surface area contributed by atoms with E-state index in [0.717, 1.165) is 0 Å². The molecule has 0 aromatic heterocycles. The minimum absolute atomic E-state index is 0.0682. The van der Waals surface area contributed by atoms with Crippen molar-refractivity contribution in [2.45, 2.75) is 12.2 Å². The molecule has 0 bridgehead atoms. The largest absolute Gasteiger partial charge is 0.491 e. The Bertz CT molecular complexity index is 741. The molecule has 2 atom stereocenters. The summed E-state index contributed by atoms with van der Waals surface area (Å²) >= 11 is 5.96. The van der Waals surface area contributed by atoms with Gasteiger partial charge in [0.2, 0.25) is 5.91 Å². The first kappa shape index (κ1) is 18.4. The molecule has 0 heterocycles. The second kappa shape index (κ2) is 8.80. The van der Waals surface area contributed by atoms with Gasteiger partial charge in [0.1, 0.15) is 16.8 Å². The number of nitrogens with one attached hydrogen (secondary N) is 1. The average molecular weight is 370 g/mol. The number of rotatable bonds is 7. The van der Waals surface area contributed by atoms with Crippen LogP contribution >= 0.6 is 11.6 Å². The Kier molecular flexibility index (Phi) is 6.75. The molecule has 0 aliphatic rings. The van der Waals surface area contributed by atoms with Crippen LogP contribution in [0.1, 0.15) is 6.92 Å². The molecule has 128 valence electrons. The Labute approximate surface area is 147 Å². The minimum atomic E-state index is -1.46. The van der Waals surface area contributed by atoms with E-state index < -0.39 is 27.8 Å². The number of hydrogen-bond acceptors (Lipinski definition) is 3. The van der Waals surface area contributed by atoms with E-state index in [1.165, 1.54) is 25.1 Å². The number of anilines is 1. The molecular formula is C17H17ClFNO3S. The van der Waals surface area contributed by atoms with Gasteiger partial charge in [-0.1, -0.05) is 35.9 Å². The maximum absolute atomic E-state index is 13.5. The number of amides is 1. The summed E-state index contributed by atoms with van der Waals surface area (Å²) in [6, 6.07) is 12.8. The highest BCUT2D eigenvalue weighted by Crippen LogP contribution is 2.23. The molecule has 4 nitrogen and oxygen atoms in total. The molecule has 0 aliphatic carbocycles. The van der Waals surface area contributed by atoms with E-state index in [4.69, 9.17) is 16.3 Å². The third-order valence-electron chi connectivity index (χ3n) is 3.27. The lowest BCUT2D eigenvalue weighted by atomic mass is 10.3. The maximum atomic E-state index is 13.5. The number of benzene rings is 2. The van der Waals surface area contributed by atoms with Crippen LogP contribution in [0.15, 0.2) is 48.5 Å². The molecule has 0 spiro atoms. The van der Waals surface area contributed by atoms with Gasteiger partial charge < -0.3 is 10.1 Å². The highest BCUT2D eigenvalue weighted by Gasteiger charge is 2.21. The van der Waals surface area contributed by atoms with Crippen molar-refractivity contribution in [3.63, 3.8) is 0 Å². The number of halogens is 2. The van der Waals surface area contributed by atoms with Gasteiger partial charge in [0.15, 0.2) is 0 Å². The summed E-state index contributed by atoms with van der Waals surface area (Å²) < 4.78 is 31.2. The van der Waals surface area contributed by atoms with Gasteiger partial charge in [-0.25, -0.2) is 4.39 Å². The summed E-state index contributed by atoms with van der Waals surface area (Å²) in [6.45, 7) is 1.69. The Balaban J connectivity index is 1.84. The van der Waals surface area contributed by atoms with Gasteiger partial charge in [-0.05, 0) is 31.2 Å². The summed E-state index contributed by atoms with van der Waals surface area (Å²) in [6.07, 6.45) is 0. The number of carbonyl (C=O) groups is 1. The molecule has 7 heteroatoms. The third-order valence-corrected chi connectivity index (χ3v) is 5.16. The highest BCUT2D eigenvalue weighted by atomic mass is 35.5. The van der Waals surface area contributed by atoms with Crippen molar-refractivity contribution in [3.8, 4) is 5.75 Å². The Morgan fingerprint density at radius 3 is 2.62 bits per heavy atom. The fraction of sp³-hybridized carbons (Fsp3) is 0.235. The third kappa shape index (κ3) is 5.04.